The zero-order valence-corrected chi connectivity index (χ0v) is 16.7. The predicted octanol–water partition coefficient (Wildman–Crippen LogP) is 3.36. The monoisotopic (exact) mass is 395 g/mol. The Bertz CT molecular complexity index is 645. The molecule has 6 heteroatoms. The summed E-state index contributed by atoms with van der Waals surface area (Å²) in [4.78, 5) is 4.94. The molecule has 4 rings (SSSR count). The molecule has 1 aromatic carbocycles. The highest BCUT2D eigenvalue weighted by atomic mass is 19.4. The Balaban J connectivity index is 1.15. The Labute approximate surface area is 166 Å². The van der Waals surface area contributed by atoms with Crippen LogP contribution in [0.5, 0.6) is 0 Å². The lowest BCUT2D eigenvalue weighted by Crippen LogP contribution is -2.39. The van der Waals surface area contributed by atoms with Crippen molar-refractivity contribution in [2.45, 2.75) is 25.4 Å². The van der Waals surface area contributed by atoms with Crippen LogP contribution < -0.4 is 5.32 Å². The van der Waals surface area contributed by atoms with E-state index in [-0.39, 0.29) is 0 Å². The van der Waals surface area contributed by atoms with E-state index in [0.29, 0.717) is 6.42 Å². The summed E-state index contributed by atoms with van der Waals surface area (Å²) in [6.07, 6.45) is -1.17. The molecule has 28 heavy (non-hydrogen) atoms. The predicted molar refractivity (Wildman–Crippen MR) is 105 cm³/mol. The van der Waals surface area contributed by atoms with E-state index in [2.05, 4.69) is 22.2 Å². The topological polar surface area (TPSA) is 18.5 Å². The number of likely N-dealkylation sites (tertiary alicyclic amines) is 1. The summed E-state index contributed by atoms with van der Waals surface area (Å²) in [7, 11) is 2.27. The standard InChI is InChI=1S/C22H32F3N3/c1-27(15-21-19-12-26-13-20(19)21)14-17-6-9-28(10-7-17)8-5-16-3-2-4-18(11-16)22(23,24)25/h2-4,11,17,19-21,26H,5-10,12-15H2,1H3/t19-,20+,21?. The quantitative estimate of drug-likeness (QED) is 0.764. The van der Waals surface area contributed by atoms with E-state index in [0.717, 1.165) is 54.9 Å². The second kappa shape index (κ2) is 8.33. The van der Waals surface area contributed by atoms with Crippen molar-refractivity contribution < 1.29 is 13.2 Å². The first-order valence-electron chi connectivity index (χ1n) is 10.7. The molecular weight excluding hydrogens is 363 g/mol. The molecule has 2 saturated heterocycles. The maximum absolute atomic E-state index is 12.8. The van der Waals surface area contributed by atoms with Crippen LogP contribution in [0.4, 0.5) is 13.2 Å². The molecule has 0 bridgehead atoms. The largest absolute Gasteiger partial charge is 0.416 e. The lowest BCUT2D eigenvalue weighted by Gasteiger charge is -2.34. The van der Waals surface area contributed by atoms with E-state index < -0.39 is 11.7 Å². The first kappa shape index (κ1) is 20.2. The summed E-state index contributed by atoms with van der Waals surface area (Å²) in [5.41, 5.74) is 0.239. The van der Waals surface area contributed by atoms with Crippen LogP contribution in [0.3, 0.4) is 0 Å². The third-order valence-corrected chi connectivity index (χ3v) is 7.04. The minimum atomic E-state index is -4.25. The summed E-state index contributed by atoms with van der Waals surface area (Å²) < 4.78 is 38.5. The Kier molecular flexibility index (Phi) is 6.00. The number of rotatable bonds is 7. The molecule has 0 radical (unpaired) electrons. The van der Waals surface area contributed by atoms with E-state index >= 15 is 0 Å². The van der Waals surface area contributed by atoms with Crippen molar-refractivity contribution in [3.8, 4) is 0 Å². The van der Waals surface area contributed by atoms with Crippen molar-refractivity contribution in [3.05, 3.63) is 35.4 Å². The van der Waals surface area contributed by atoms with Crippen LogP contribution in [-0.4, -0.2) is 62.7 Å². The van der Waals surface area contributed by atoms with Gasteiger partial charge in [0.2, 0.25) is 0 Å². The van der Waals surface area contributed by atoms with E-state index in [4.69, 9.17) is 0 Å². The van der Waals surface area contributed by atoms with Crippen molar-refractivity contribution in [1.82, 2.24) is 15.1 Å². The SMILES string of the molecule is CN(CC1CCN(CCc2cccc(C(F)(F)F)c2)CC1)CC1[C@H]2CNC[C@@H]12. The van der Waals surface area contributed by atoms with Crippen LogP contribution in [0.15, 0.2) is 24.3 Å². The van der Waals surface area contributed by atoms with Gasteiger partial charge in [-0.3, -0.25) is 0 Å². The van der Waals surface area contributed by atoms with Gasteiger partial charge in [-0.15, -0.1) is 0 Å². The van der Waals surface area contributed by atoms with Gasteiger partial charge in [0.25, 0.3) is 0 Å². The number of halogens is 3. The molecule has 3 nitrogen and oxygen atoms in total. The number of hydrogen-bond acceptors (Lipinski definition) is 3. The van der Waals surface area contributed by atoms with Gasteiger partial charge in [-0.2, -0.15) is 13.2 Å². The third kappa shape index (κ3) is 4.89. The molecule has 1 saturated carbocycles. The fourth-order valence-corrected chi connectivity index (χ4v) is 5.28. The molecule has 1 aliphatic carbocycles. The average molecular weight is 396 g/mol. The lowest BCUT2D eigenvalue weighted by atomic mass is 9.95. The molecule has 1 unspecified atom stereocenters. The van der Waals surface area contributed by atoms with Gasteiger partial charge in [-0.25, -0.2) is 0 Å². The molecule has 1 aromatic rings. The van der Waals surface area contributed by atoms with Crippen molar-refractivity contribution in [1.29, 1.82) is 0 Å². The van der Waals surface area contributed by atoms with E-state index in [9.17, 15) is 13.2 Å². The van der Waals surface area contributed by atoms with Gasteiger partial charge < -0.3 is 15.1 Å². The summed E-state index contributed by atoms with van der Waals surface area (Å²) in [6, 6.07) is 5.77. The van der Waals surface area contributed by atoms with Crippen LogP contribution in [0.2, 0.25) is 0 Å². The van der Waals surface area contributed by atoms with Crippen molar-refractivity contribution >= 4 is 0 Å². The molecule has 3 fully saturated rings. The van der Waals surface area contributed by atoms with Gasteiger partial charge >= 0.3 is 6.18 Å². The van der Waals surface area contributed by atoms with Gasteiger partial charge in [0.05, 0.1) is 5.56 Å². The molecule has 0 aromatic heterocycles. The van der Waals surface area contributed by atoms with Crippen molar-refractivity contribution in [3.63, 3.8) is 0 Å². The number of nitrogens with zero attached hydrogens (tertiary/aromatic N) is 2. The van der Waals surface area contributed by atoms with E-state index in [1.807, 2.05) is 0 Å². The molecular formula is C22H32F3N3. The molecule has 1 N–H and O–H groups in total. The Hall–Kier alpha value is -1.11. The van der Waals surface area contributed by atoms with Crippen LogP contribution in [0.25, 0.3) is 0 Å². The molecule has 2 heterocycles. The minimum absolute atomic E-state index is 0.540. The maximum atomic E-state index is 12.8. The molecule has 156 valence electrons. The van der Waals surface area contributed by atoms with E-state index in [1.54, 1.807) is 6.07 Å². The normalized spacial score (nSPS) is 28.7. The highest BCUT2D eigenvalue weighted by Gasteiger charge is 2.52. The maximum Gasteiger partial charge on any atom is 0.416 e. The van der Waals surface area contributed by atoms with Gasteiger partial charge in [0.15, 0.2) is 0 Å². The average Bonchev–Trinajstić information content (AvgIpc) is 3.08. The molecule has 2 aliphatic heterocycles. The summed E-state index contributed by atoms with van der Waals surface area (Å²) in [5, 5.41) is 3.47. The van der Waals surface area contributed by atoms with Gasteiger partial charge in [-0.05, 0) is 87.8 Å². The summed E-state index contributed by atoms with van der Waals surface area (Å²) >= 11 is 0. The van der Waals surface area contributed by atoms with Gasteiger partial charge in [-0.1, -0.05) is 18.2 Å². The Morgan fingerprint density at radius 2 is 1.82 bits per heavy atom. The molecule has 0 amide bonds. The number of benzene rings is 1. The highest BCUT2D eigenvalue weighted by molar-refractivity contribution is 5.25. The first-order chi connectivity index (χ1) is 13.4. The van der Waals surface area contributed by atoms with Gasteiger partial charge in [0.1, 0.15) is 0 Å². The molecule has 3 aliphatic rings. The molecule has 3 atom stereocenters. The number of fused-ring (bicyclic) bond motifs is 1. The zero-order chi connectivity index (χ0) is 19.7. The number of nitrogens with one attached hydrogen (secondary N) is 1. The van der Waals surface area contributed by atoms with Gasteiger partial charge in [0, 0.05) is 19.6 Å². The second-order valence-corrected chi connectivity index (χ2v) is 9.10. The van der Waals surface area contributed by atoms with Crippen LogP contribution >= 0.6 is 0 Å². The van der Waals surface area contributed by atoms with Crippen molar-refractivity contribution in [2.75, 3.05) is 52.9 Å². The highest BCUT2D eigenvalue weighted by Crippen LogP contribution is 2.48. The van der Waals surface area contributed by atoms with Crippen molar-refractivity contribution in [2.24, 2.45) is 23.7 Å². The third-order valence-electron chi connectivity index (χ3n) is 7.04. The van der Waals surface area contributed by atoms with Crippen LogP contribution in [0, 0.1) is 23.7 Å². The fraction of sp³-hybridized carbons (Fsp3) is 0.727. The smallest absolute Gasteiger partial charge is 0.316 e. The Morgan fingerprint density at radius 3 is 2.50 bits per heavy atom. The molecule has 0 spiro atoms. The number of piperidine rings is 2. The number of alkyl halides is 3. The summed E-state index contributed by atoms with van der Waals surface area (Å²) in [5.74, 6) is 3.53. The number of hydrogen-bond donors (Lipinski definition) is 1. The van der Waals surface area contributed by atoms with Crippen LogP contribution in [0.1, 0.15) is 24.0 Å². The lowest BCUT2D eigenvalue weighted by molar-refractivity contribution is -0.137. The second-order valence-electron chi connectivity index (χ2n) is 9.10. The van der Waals surface area contributed by atoms with Crippen LogP contribution in [-0.2, 0) is 12.6 Å². The Morgan fingerprint density at radius 1 is 1.11 bits per heavy atom. The minimum Gasteiger partial charge on any atom is -0.316 e. The first-order valence-corrected chi connectivity index (χ1v) is 10.7. The fourth-order valence-electron chi connectivity index (χ4n) is 5.28. The van der Waals surface area contributed by atoms with E-state index in [1.165, 1.54) is 51.2 Å². The zero-order valence-electron chi connectivity index (χ0n) is 16.7. The summed E-state index contributed by atoms with van der Waals surface area (Å²) in [6.45, 7) is 7.84.